The lowest BCUT2D eigenvalue weighted by Gasteiger charge is -2.12. The van der Waals surface area contributed by atoms with Gasteiger partial charge in [-0.3, -0.25) is 4.79 Å². The summed E-state index contributed by atoms with van der Waals surface area (Å²) in [7, 11) is 0. The van der Waals surface area contributed by atoms with Crippen LogP contribution in [-0.4, -0.2) is 32.3 Å². The summed E-state index contributed by atoms with van der Waals surface area (Å²) in [6.07, 6.45) is 2.92. The molecule has 4 rings (SSSR count). The number of carbonyl (C=O) groups excluding carboxylic acids is 1. The Morgan fingerprint density at radius 1 is 1.26 bits per heavy atom. The summed E-state index contributed by atoms with van der Waals surface area (Å²) in [5.41, 5.74) is 3.29. The van der Waals surface area contributed by atoms with Gasteiger partial charge in [-0.1, -0.05) is 29.8 Å². The zero-order valence-electron chi connectivity index (χ0n) is 17.5. The van der Waals surface area contributed by atoms with Crippen molar-refractivity contribution in [3.63, 3.8) is 0 Å². The minimum atomic E-state index is -0.275. The Kier molecular flexibility index (Phi) is 6.99. The highest BCUT2D eigenvalue weighted by molar-refractivity contribution is 6.31. The van der Waals surface area contributed by atoms with E-state index in [1.54, 1.807) is 13.2 Å². The normalized spacial score (nSPS) is 15.9. The van der Waals surface area contributed by atoms with E-state index in [2.05, 4.69) is 5.32 Å². The molecule has 0 radical (unpaired) electrons. The molecule has 1 unspecified atom stereocenters. The summed E-state index contributed by atoms with van der Waals surface area (Å²) in [5.74, 6) is 0.858. The van der Waals surface area contributed by atoms with Crippen LogP contribution >= 0.6 is 11.6 Å². The molecule has 7 heteroatoms. The molecule has 1 N–H and O–H groups in total. The van der Waals surface area contributed by atoms with E-state index in [1.165, 1.54) is 0 Å². The van der Waals surface area contributed by atoms with Crippen molar-refractivity contribution in [2.45, 2.75) is 26.4 Å². The van der Waals surface area contributed by atoms with E-state index in [4.69, 9.17) is 30.2 Å². The number of halogens is 1. The van der Waals surface area contributed by atoms with Crippen LogP contribution < -0.4 is 10.1 Å². The Hall–Kier alpha value is -2.70. The smallest absolute Gasteiger partial charge is 0.310 e. The highest BCUT2D eigenvalue weighted by Gasteiger charge is 2.18. The molecule has 0 aliphatic carbocycles. The van der Waals surface area contributed by atoms with Crippen molar-refractivity contribution in [3.05, 3.63) is 58.8 Å². The lowest BCUT2D eigenvalue weighted by molar-refractivity contribution is -0.142. The highest BCUT2D eigenvalue weighted by Crippen LogP contribution is 2.33. The maximum Gasteiger partial charge on any atom is 0.310 e. The zero-order chi connectivity index (χ0) is 21.6. The molecule has 1 atom stereocenters. The summed E-state index contributed by atoms with van der Waals surface area (Å²) in [6, 6.07) is 11.2. The van der Waals surface area contributed by atoms with Crippen molar-refractivity contribution in [2.75, 3.05) is 31.7 Å². The fourth-order valence-corrected chi connectivity index (χ4v) is 3.93. The Labute approximate surface area is 186 Å². The first-order valence-electron chi connectivity index (χ1n) is 10.5. The lowest BCUT2D eigenvalue weighted by atomic mass is 10.1. The number of para-hydroxylation sites is 1. The summed E-state index contributed by atoms with van der Waals surface area (Å²) >= 11 is 6.38. The molecule has 1 fully saturated rings. The summed E-state index contributed by atoms with van der Waals surface area (Å²) < 4.78 is 22.4. The quantitative estimate of drug-likeness (QED) is 0.457. The van der Waals surface area contributed by atoms with Gasteiger partial charge in [0.15, 0.2) is 5.58 Å². The molecular weight excluding hydrogens is 418 g/mol. The van der Waals surface area contributed by atoms with Crippen LogP contribution in [0, 0.1) is 5.92 Å². The second-order valence-corrected chi connectivity index (χ2v) is 8.02. The number of hydrogen-bond donors (Lipinski definition) is 1. The number of furan rings is 1. The molecule has 6 nitrogen and oxygen atoms in total. The molecule has 1 aliphatic rings. The Morgan fingerprint density at radius 2 is 2.13 bits per heavy atom. The van der Waals surface area contributed by atoms with Crippen molar-refractivity contribution in [1.82, 2.24) is 0 Å². The molecule has 2 heterocycles. The number of anilines is 1. The summed E-state index contributed by atoms with van der Waals surface area (Å²) in [5, 5.41) is 4.98. The van der Waals surface area contributed by atoms with Gasteiger partial charge >= 0.3 is 5.97 Å². The molecule has 0 spiro atoms. The highest BCUT2D eigenvalue weighted by atomic mass is 35.5. The number of nitrogens with one attached hydrogen (secondary N) is 1. The molecule has 1 saturated heterocycles. The lowest BCUT2D eigenvalue weighted by Crippen LogP contribution is -2.14. The molecule has 31 heavy (non-hydrogen) atoms. The third-order valence-electron chi connectivity index (χ3n) is 5.32. The van der Waals surface area contributed by atoms with Crippen LogP contribution in [0.5, 0.6) is 5.75 Å². The maximum absolute atomic E-state index is 11.9. The minimum Gasteiger partial charge on any atom is -0.488 e. The standard InChI is InChI=1S/C24H26ClNO5/c1-2-29-23(27)9-17-5-3-4-6-22(17)30-14-18-15-31-24-20(18)10-19(25)11-21(24)26-12-16-7-8-28-13-16/h3-6,10-11,15-16,26H,2,7-9,12-14H2,1H3. The molecular formula is C24H26ClNO5. The second kappa shape index (κ2) is 10.1. The SMILES string of the molecule is CCOC(=O)Cc1ccccc1OCc1coc2c(NCC3CCOC3)cc(Cl)cc12. The van der Waals surface area contributed by atoms with E-state index in [9.17, 15) is 4.79 Å². The molecule has 164 valence electrons. The fraction of sp³-hybridized carbons (Fsp3) is 0.375. The number of hydrogen-bond acceptors (Lipinski definition) is 6. The largest absolute Gasteiger partial charge is 0.488 e. The zero-order valence-corrected chi connectivity index (χ0v) is 18.2. The maximum atomic E-state index is 11.9. The van der Waals surface area contributed by atoms with Gasteiger partial charge in [-0.05, 0) is 31.5 Å². The van der Waals surface area contributed by atoms with Gasteiger partial charge in [0.1, 0.15) is 12.4 Å². The van der Waals surface area contributed by atoms with Gasteiger partial charge in [-0.25, -0.2) is 0 Å². The van der Waals surface area contributed by atoms with Crippen LogP contribution in [0.4, 0.5) is 5.69 Å². The van der Waals surface area contributed by atoms with Gasteiger partial charge in [-0.2, -0.15) is 0 Å². The number of carbonyl (C=O) groups is 1. The van der Waals surface area contributed by atoms with Crippen molar-refractivity contribution in [2.24, 2.45) is 5.92 Å². The Balaban J connectivity index is 1.49. The predicted octanol–water partition coefficient (Wildman–Crippen LogP) is 5.22. The molecule has 0 bridgehead atoms. The molecule has 1 aromatic heterocycles. The summed E-state index contributed by atoms with van der Waals surface area (Å²) in [4.78, 5) is 11.9. The third-order valence-corrected chi connectivity index (χ3v) is 5.54. The predicted molar refractivity (Wildman–Crippen MR) is 120 cm³/mol. The monoisotopic (exact) mass is 443 g/mol. The van der Waals surface area contributed by atoms with Crippen LogP contribution in [0.15, 0.2) is 47.1 Å². The van der Waals surface area contributed by atoms with Gasteiger partial charge in [0.2, 0.25) is 0 Å². The van der Waals surface area contributed by atoms with Gasteiger partial charge in [0.05, 0.1) is 31.6 Å². The van der Waals surface area contributed by atoms with E-state index >= 15 is 0 Å². The van der Waals surface area contributed by atoms with Crippen LogP contribution in [0.2, 0.25) is 5.02 Å². The van der Waals surface area contributed by atoms with Crippen molar-refractivity contribution >= 4 is 34.2 Å². The first-order valence-corrected chi connectivity index (χ1v) is 10.9. The fourth-order valence-electron chi connectivity index (χ4n) is 3.71. The van der Waals surface area contributed by atoms with E-state index in [1.807, 2.05) is 36.4 Å². The second-order valence-electron chi connectivity index (χ2n) is 7.58. The van der Waals surface area contributed by atoms with Crippen molar-refractivity contribution in [3.8, 4) is 5.75 Å². The van der Waals surface area contributed by atoms with Gasteiger partial charge in [0.25, 0.3) is 0 Å². The Morgan fingerprint density at radius 3 is 2.94 bits per heavy atom. The van der Waals surface area contributed by atoms with Crippen LogP contribution in [0.25, 0.3) is 11.0 Å². The first kappa shape index (κ1) is 21.5. The van der Waals surface area contributed by atoms with Crippen molar-refractivity contribution < 1.29 is 23.4 Å². The number of rotatable bonds is 9. The van der Waals surface area contributed by atoms with E-state index in [0.29, 0.717) is 29.9 Å². The first-order chi connectivity index (χ1) is 15.1. The molecule has 3 aromatic rings. The molecule has 0 saturated carbocycles. The number of benzene rings is 2. The van der Waals surface area contributed by atoms with Gasteiger partial charge in [-0.15, -0.1) is 0 Å². The van der Waals surface area contributed by atoms with E-state index < -0.39 is 0 Å². The van der Waals surface area contributed by atoms with E-state index in [-0.39, 0.29) is 12.4 Å². The van der Waals surface area contributed by atoms with Crippen LogP contribution in [0.1, 0.15) is 24.5 Å². The number of fused-ring (bicyclic) bond motifs is 1. The van der Waals surface area contributed by atoms with Crippen LogP contribution in [0.3, 0.4) is 0 Å². The minimum absolute atomic E-state index is 0.168. The average Bonchev–Trinajstić information content (AvgIpc) is 3.41. The van der Waals surface area contributed by atoms with Crippen LogP contribution in [-0.2, 0) is 27.3 Å². The number of ether oxygens (including phenoxy) is 3. The number of esters is 1. The molecule has 1 aliphatic heterocycles. The summed E-state index contributed by atoms with van der Waals surface area (Å²) in [6.45, 7) is 4.84. The molecule has 2 aromatic carbocycles. The molecule has 0 amide bonds. The van der Waals surface area contributed by atoms with E-state index in [0.717, 1.165) is 54.0 Å². The van der Waals surface area contributed by atoms with Gasteiger partial charge in [0, 0.05) is 40.6 Å². The third kappa shape index (κ3) is 5.32. The van der Waals surface area contributed by atoms with Crippen molar-refractivity contribution in [1.29, 1.82) is 0 Å². The average molecular weight is 444 g/mol. The Bertz CT molecular complexity index is 1040. The van der Waals surface area contributed by atoms with Gasteiger partial charge < -0.3 is 23.9 Å². The topological polar surface area (TPSA) is 69.9 Å².